The van der Waals surface area contributed by atoms with Crippen LogP contribution >= 0.6 is 86.0 Å². The fraction of sp³-hybridized carbons (Fsp3) is 0. The minimum absolute atomic E-state index is 0.731. The van der Waals surface area contributed by atoms with Crippen molar-refractivity contribution < 1.29 is 0 Å². The maximum atomic E-state index is 2.48. The summed E-state index contributed by atoms with van der Waals surface area (Å²) >= 11 is 9.91. The topological polar surface area (TPSA) is 0 Å². The summed E-state index contributed by atoms with van der Waals surface area (Å²) < 4.78 is -0.731. The van der Waals surface area contributed by atoms with Crippen LogP contribution in [0, 0.1) is 0 Å². The predicted octanol–water partition coefficient (Wildman–Crippen LogP) is 4.14. The molecular weight excluding hydrogens is 539 g/mol. The SMILES string of the molecule is I[PH](I)(I)I. The molecule has 0 radical (unpaired) electrons. The van der Waals surface area contributed by atoms with Gasteiger partial charge in [0.15, 0.2) is 0 Å². The van der Waals surface area contributed by atoms with Crippen molar-refractivity contribution in [2.75, 3.05) is 0 Å². The van der Waals surface area contributed by atoms with Crippen LogP contribution in [0.4, 0.5) is 0 Å². The van der Waals surface area contributed by atoms with Gasteiger partial charge in [0.05, 0.1) is 0 Å². The summed E-state index contributed by atoms with van der Waals surface area (Å²) in [5.74, 6) is 0. The van der Waals surface area contributed by atoms with Gasteiger partial charge in [0.2, 0.25) is 0 Å². The van der Waals surface area contributed by atoms with Gasteiger partial charge in [0.25, 0.3) is 0 Å². The average Bonchev–Trinajstić information content (AvgIpc) is 0.722. The van der Waals surface area contributed by atoms with Gasteiger partial charge in [-0.2, -0.15) is 0 Å². The first kappa shape index (κ1) is 8.35. The molecule has 0 saturated heterocycles. The zero-order valence-corrected chi connectivity index (χ0v) is 11.6. The Labute approximate surface area is 83.9 Å². The zero-order valence-electron chi connectivity index (χ0n) is 2.01. The first-order valence-electron chi connectivity index (χ1n) is 0.756. The molecule has 0 atom stereocenters. The molecule has 34 valence electrons. The predicted molar refractivity (Wildman–Crippen MR) is 64.4 cm³/mol. The van der Waals surface area contributed by atoms with Crippen molar-refractivity contribution >= 4 is 86.0 Å². The third-order valence-electron chi connectivity index (χ3n) is 0. The molecule has 0 fully saturated rings. The number of hydrogen-bond donors (Lipinski definition) is 0. The van der Waals surface area contributed by atoms with Crippen LogP contribution in [0.1, 0.15) is 0 Å². The molecule has 5 heteroatoms. The monoisotopic (exact) mass is 540 g/mol. The van der Waals surface area contributed by atoms with Crippen molar-refractivity contribution in [3.8, 4) is 0 Å². The van der Waals surface area contributed by atoms with E-state index >= 15 is 0 Å². The molecular formula is HI4P. The maximum absolute atomic E-state index is 2.48. The second kappa shape index (κ2) is 3.39. The molecule has 0 amide bonds. The number of hydrogen-bond acceptors (Lipinski definition) is 0. The van der Waals surface area contributed by atoms with Gasteiger partial charge in [-0.05, 0) is 0 Å². The molecule has 0 N–H and O–H groups in total. The molecule has 0 rings (SSSR count). The van der Waals surface area contributed by atoms with E-state index in [4.69, 9.17) is 0 Å². The van der Waals surface area contributed by atoms with Gasteiger partial charge in [-0.15, -0.1) is 0 Å². The van der Waals surface area contributed by atoms with Gasteiger partial charge < -0.3 is 0 Å². The summed E-state index contributed by atoms with van der Waals surface area (Å²) in [6, 6.07) is 0. The second-order valence-corrected chi connectivity index (χ2v) is 57.9. The Morgan fingerprint density at radius 1 is 0.800 bits per heavy atom. The van der Waals surface area contributed by atoms with Crippen LogP contribution in [0.2, 0.25) is 0 Å². The Balaban J connectivity index is 3.02. The van der Waals surface area contributed by atoms with Gasteiger partial charge in [0, 0.05) is 0 Å². The van der Waals surface area contributed by atoms with Crippen molar-refractivity contribution in [3.63, 3.8) is 0 Å². The Morgan fingerprint density at radius 3 is 0.800 bits per heavy atom. The first-order valence-corrected chi connectivity index (χ1v) is 15.2. The fourth-order valence-electron chi connectivity index (χ4n) is 0. The summed E-state index contributed by atoms with van der Waals surface area (Å²) in [4.78, 5) is 0. The van der Waals surface area contributed by atoms with E-state index in [1.54, 1.807) is 0 Å². The quantitative estimate of drug-likeness (QED) is 0.321. The molecule has 0 nitrogen and oxygen atoms in total. The summed E-state index contributed by atoms with van der Waals surface area (Å²) in [5, 5.41) is 0. The molecule has 0 aromatic heterocycles. The van der Waals surface area contributed by atoms with Gasteiger partial charge >= 0.3 is 86.0 Å². The first-order chi connectivity index (χ1) is 2.00. The van der Waals surface area contributed by atoms with Gasteiger partial charge in [0.1, 0.15) is 0 Å². The molecule has 0 unspecified atom stereocenters. The Hall–Kier alpha value is 3.35. The van der Waals surface area contributed by atoms with Crippen molar-refractivity contribution in [3.05, 3.63) is 0 Å². The van der Waals surface area contributed by atoms with E-state index in [-0.39, 0.29) is 0 Å². The van der Waals surface area contributed by atoms with E-state index in [1.807, 2.05) is 0 Å². The molecule has 0 aliphatic rings. The van der Waals surface area contributed by atoms with Crippen LogP contribution in [0.15, 0.2) is 0 Å². The van der Waals surface area contributed by atoms with Crippen molar-refractivity contribution in [2.24, 2.45) is 0 Å². The summed E-state index contributed by atoms with van der Waals surface area (Å²) in [7, 11) is 0. The summed E-state index contributed by atoms with van der Waals surface area (Å²) in [5.41, 5.74) is 0. The Bertz CT molecular complexity index is 19.1. The van der Waals surface area contributed by atoms with Crippen LogP contribution < -0.4 is 0 Å². The third kappa shape index (κ3) is 18.7. The van der Waals surface area contributed by atoms with Crippen LogP contribution in [0.25, 0.3) is 0 Å². The zero-order chi connectivity index (χ0) is 4.50. The van der Waals surface area contributed by atoms with E-state index in [2.05, 4.69) is 88.2 Å². The van der Waals surface area contributed by atoms with Crippen LogP contribution in [-0.2, 0) is 0 Å². The molecule has 0 aromatic rings. The van der Waals surface area contributed by atoms with Gasteiger partial charge in [-0.25, -0.2) is 0 Å². The fourth-order valence-corrected chi connectivity index (χ4v) is 0. The molecule has 5 heavy (non-hydrogen) atoms. The Morgan fingerprint density at radius 2 is 0.800 bits per heavy atom. The molecule has 0 aromatic carbocycles. The van der Waals surface area contributed by atoms with E-state index in [9.17, 15) is 0 Å². The van der Waals surface area contributed by atoms with Crippen molar-refractivity contribution in [2.45, 2.75) is 0 Å². The van der Waals surface area contributed by atoms with E-state index in [1.165, 1.54) is 0 Å². The number of rotatable bonds is 0. The molecule has 0 aliphatic heterocycles. The molecule has 0 heterocycles. The molecule has 0 bridgehead atoms. The van der Waals surface area contributed by atoms with Gasteiger partial charge in [-0.3, -0.25) is 0 Å². The minimum atomic E-state index is -0.731. The molecule has 0 saturated carbocycles. The summed E-state index contributed by atoms with van der Waals surface area (Å²) in [6.45, 7) is 0. The van der Waals surface area contributed by atoms with Crippen LogP contribution in [0.3, 0.4) is 0 Å². The molecule has 0 aliphatic carbocycles. The standard InChI is InChI=1S/HI4P/c1-5(2,3)4/h5H. The van der Waals surface area contributed by atoms with E-state index in [0.29, 0.717) is 0 Å². The van der Waals surface area contributed by atoms with Crippen LogP contribution in [-0.4, -0.2) is 0 Å². The Kier molecular flexibility index (Phi) is 5.66. The second-order valence-electron chi connectivity index (χ2n) is 0.429. The summed E-state index contributed by atoms with van der Waals surface area (Å²) in [6.07, 6.45) is 0. The van der Waals surface area contributed by atoms with E-state index < -0.39 is -2.17 Å². The van der Waals surface area contributed by atoms with Crippen molar-refractivity contribution in [1.29, 1.82) is 0 Å². The van der Waals surface area contributed by atoms with E-state index in [0.717, 1.165) is 0 Å². The van der Waals surface area contributed by atoms with Crippen LogP contribution in [0.5, 0.6) is 0 Å². The molecule has 0 spiro atoms. The van der Waals surface area contributed by atoms with Gasteiger partial charge in [-0.1, -0.05) is 0 Å². The normalized spacial score (nSPS) is 15.2. The third-order valence-corrected chi connectivity index (χ3v) is 0. The average molecular weight is 540 g/mol. The number of halogens is 4. The van der Waals surface area contributed by atoms with Crippen molar-refractivity contribution in [1.82, 2.24) is 0 Å².